The lowest BCUT2D eigenvalue weighted by Gasteiger charge is -2.37. The average Bonchev–Trinajstić information content (AvgIpc) is 2.49. The summed E-state index contributed by atoms with van der Waals surface area (Å²) in [6.07, 6.45) is 3.98. The zero-order chi connectivity index (χ0) is 12.6. The first-order valence-corrected chi connectivity index (χ1v) is 8.09. The molecule has 17 heavy (non-hydrogen) atoms. The van der Waals surface area contributed by atoms with E-state index in [-0.39, 0.29) is 29.9 Å². The van der Waals surface area contributed by atoms with Gasteiger partial charge >= 0.3 is 0 Å². The first kappa shape index (κ1) is 13.3. The molecule has 0 aromatic heterocycles. The molecule has 2 fully saturated rings. The molecular formula is C12H23NO3S. The van der Waals surface area contributed by atoms with Crippen molar-refractivity contribution in [3.8, 4) is 0 Å². The van der Waals surface area contributed by atoms with E-state index in [9.17, 15) is 8.42 Å². The molecule has 2 aliphatic heterocycles. The lowest BCUT2D eigenvalue weighted by Crippen LogP contribution is -2.49. The van der Waals surface area contributed by atoms with E-state index in [1.54, 1.807) is 11.4 Å². The van der Waals surface area contributed by atoms with E-state index >= 15 is 0 Å². The van der Waals surface area contributed by atoms with Gasteiger partial charge in [0.05, 0.1) is 11.9 Å². The zero-order valence-corrected chi connectivity index (χ0v) is 11.7. The standard InChI is InChI=1S/C12H23NO3S/c1-9(2)8-17(14,15)13-10-4-5-11(13)7-12(6-10)16-3/h9-12H,4-8H2,1-3H3. The first-order chi connectivity index (χ1) is 7.94. The van der Waals surface area contributed by atoms with Gasteiger partial charge in [0.15, 0.2) is 0 Å². The Labute approximate surface area is 104 Å². The quantitative estimate of drug-likeness (QED) is 0.772. The van der Waals surface area contributed by atoms with Gasteiger partial charge < -0.3 is 4.74 Å². The molecule has 2 heterocycles. The summed E-state index contributed by atoms with van der Waals surface area (Å²) in [5.74, 6) is 0.469. The van der Waals surface area contributed by atoms with Gasteiger partial charge in [0.2, 0.25) is 10.0 Å². The molecule has 0 aromatic carbocycles. The lowest BCUT2D eigenvalue weighted by atomic mass is 10.0. The maximum atomic E-state index is 12.3. The Morgan fingerprint density at radius 3 is 2.18 bits per heavy atom. The van der Waals surface area contributed by atoms with Crippen molar-refractivity contribution in [2.75, 3.05) is 12.9 Å². The monoisotopic (exact) mass is 261 g/mol. The van der Waals surface area contributed by atoms with E-state index in [0.29, 0.717) is 0 Å². The largest absolute Gasteiger partial charge is 0.381 e. The molecule has 0 aromatic rings. The molecule has 100 valence electrons. The van der Waals surface area contributed by atoms with Gasteiger partial charge in [0.1, 0.15) is 0 Å². The van der Waals surface area contributed by atoms with E-state index in [2.05, 4.69) is 0 Å². The second kappa shape index (κ2) is 4.86. The average molecular weight is 261 g/mol. The summed E-state index contributed by atoms with van der Waals surface area (Å²) in [6, 6.07) is 0.366. The van der Waals surface area contributed by atoms with E-state index in [0.717, 1.165) is 25.7 Å². The van der Waals surface area contributed by atoms with E-state index < -0.39 is 10.0 Å². The minimum atomic E-state index is -3.07. The van der Waals surface area contributed by atoms with E-state index in [4.69, 9.17) is 4.74 Å². The summed E-state index contributed by atoms with van der Waals surface area (Å²) in [7, 11) is -1.35. The van der Waals surface area contributed by atoms with Crippen molar-refractivity contribution in [2.24, 2.45) is 5.92 Å². The second-order valence-corrected chi connectivity index (χ2v) is 7.64. The molecule has 2 saturated heterocycles. The van der Waals surface area contributed by atoms with Crippen LogP contribution < -0.4 is 0 Å². The number of hydrogen-bond donors (Lipinski definition) is 0. The van der Waals surface area contributed by atoms with Crippen LogP contribution in [0.5, 0.6) is 0 Å². The molecule has 2 aliphatic rings. The summed E-state index contributed by atoms with van der Waals surface area (Å²) in [6.45, 7) is 3.92. The molecule has 0 aliphatic carbocycles. The van der Waals surface area contributed by atoms with Gasteiger partial charge in [-0.25, -0.2) is 8.42 Å². The van der Waals surface area contributed by atoms with Crippen LogP contribution >= 0.6 is 0 Å². The number of hydrogen-bond acceptors (Lipinski definition) is 3. The molecule has 2 unspecified atom stereocenters. The van der Waals surface area contributed by atoms with E-state index in [1.165, 1.54) is 0 Å². The molecule has 0 N–H and O–H groups in total. The minimum Gasteiger partial charge on any atom is -0.381 e. The Morgan fingerprint density at radius 1 is 1.24 bits per heavy atom. The van der Waals surface area contributed by atoms with Crippen molar-refractivity contribution in [2.45, 2.75) is 57.7 Å². The molecule has 0 spiro atoms. The van der Waals surface area contributed by atoms with Gasteiger partial charge in [0, 0.05) is 19.2 Å². The maximum Gasteiger partial charge on any atom is 0.214 e. The number of piperidine rings is 1. The van der Waals surface area contributed by atoms with Crippen LogP contribution in [0.15, 0.2) is 0 Å². The van der Waals surface area contributed by atoms with Crippen LogP contribution in [0, 0.1) is 5.92 Å². The van der Waals surface area contributed by atoms with Gasteiger partial charge in [-0.15, -0.1) is 0 Å². The molecule has 2 atom stereocenters. The molecule has 2 rings (SSSR count). The van der Waals surface area contributed by atoms with Gasteiger partial charge in [-0.05, 0) is 31.6 Å². The van der Waals surface area contributed by atoms with Crippen molar-refractivity contribution in [3.05, 3.63) is 0 Å². The highest BCUT2D eigenvalue weighted by molar-refractivity contribution is 7.89. The Hall–Kier alpha value is -0.130. The number of nitrogens with zero attached hydrogens (tertiary/aromatic N) is 1. The highest BCUT2D eigenvalue weighted by atomic mass is 32.2. The fourth-order valence-electron chi connectivity index (χ4n) is 3.24. The van der Waals surface area contributed by atoms with Gasteiger partial charge in [-0.3, -0.25) is 0 Å². The van der Waals surface area contributed by atoms with Crippen molar-refractivity contribution in [1.29, 1.82) is 0 Å². The zero-order valence-electron chi connectivity index (χ0n) is 10.9. The highest BCUT2D eigenvalue weighted by Crippen LogP contribution is 2.39. The number of fused-ring (bicyclic) bond motifs is 2. The summed E-state index contributed by atoms with van der Waals surface area (Å²) in [5.41, 5.74) is 0. The molecule has 5 heteroatoms. The fourth-order valence-corrected chi connectivity index (χ4v) is 5.54. The third-order valence-corrected chi connectivity index (χ3v) is 6.15. The number of ether oxygens (including phenoxy) is 1. The Morgan fingerprint density at radius 2 is 1.76 bits per heavy atom. The smallest absolute Gasteiger partial charge is 0.214 e. The molecular weight excluding hydrogens is 238 g/mol. The van der Waals surface area contributed by atoms with Crippen LogP contribution in [0.2, 0.25) is 0 Å². The topological polar surface area (TPSA) is 46.6 Å². The van der Waals surface area contributed by atoms with Crippen molar-refractivity contribution >= 4 is 10.0 Å². The normalized spacial score (nSPS) is 34.5. The van der Waals surface area contributed by atoms with Crippen LogP contribution in [0.3, 0.4) is 0 Å². The predicted molar refractivity (Wildman–Crippen MR) is 67.3 cm³/mol. The highest BCUT2D eigenvalue weighted by Gasteiger charge is 2.46. The van der Waals surface area contributed by atoms with E-state index in [1.807, 2.05) is 13.8 Å². The van der Waals surface area contributed by atoms with Gasteiger partial charge in [0.25, 0.3) is 0 Å². The van der Waals surface area contributed by atoms with Crippen LogP contribution in [-0.4, -0.2) is 43.8 Å². The first-order valence-electron chi connectivity index (χ1n) is 6.48. The van der Waals surface area contributed by atoms with Crippen molar-refractivity contribution in [1.82, 2.24) is 4.31 Å². The summed E-state index contributed by atoms with van der Waals surface area (Å²) in [4.78, 5) is 0. The summed E-state index contributed by atoms with van der Waals surface area (Å²) in [5, 5.41) is 0. The van der Waals surface area contributed by atoms with Crippen LogP contribution in [-0.2, 0) is 14.8 Å². The lowest BCUT2D eigenvalue weighted by molar-refractivity contribution is 0.0349. The number of methoxy groups -OCH3 is 1. The number of sulfonamides is 1. The van der Waals surface area contributed by atoms with Crippen LogP contribution in [0.1, 0.15) is 39.5 Å². The minimum absolute atomic E-state index is 0.183. The number of rotatable bonds is 4. The van der Waals surface area contributed by atoms with Crippen LogP contribution in [0.25, 0.3) is 0 Å². The van der Waals surface area contributed by atoms with Crippen molar-refractivity contribution in [3.63, 3.8) is 0 Å². The molecule has 4 nitrogen and oxygen atoms in total. The Bertz CT molecular complexity index is 352. The van der Waals surface area contributed by atoms with Gasteiger partial charge in [-0.2, -0.15) is 4.31 Å². The second-order valence-electron chi connectivity index (χ2n) is 5.72. The van der Waals surface area contributed by atoms with Crippen molar-refractivity contribution < 1.29 is 13.2 Å². The third kappa shape index (κ3) is 2.66. The van der Waals surface area contributed by atoms with Crippen LogP contribution in [0.4, 0.5) is 0 Å². The Kier molecular flexibility index (Phi) is 3.80. The summed E-state index contributed by atoms with van der Waals surface area (Å²) >= 11 is 0. The SMILES string of the molecule is COC1CC2CCC(C1)N2S(=O)(=O)CC(C)C. The molecule has 2 bridgehead atoms. The maximum absolute atomic E-state index is 12.3. The molecule has 0 saturated carbocycles. The fraction of sp³-hybridized carbons (Fsp3) is 1.00. The van der Waals surface area contributed by atoms with Gasteiger partial charge in [-0.1, -0.05) is 13.8 Å². The Balaban J connectivity index is 2.14. The predicted octanol–water partition coefficient (Wildman–Crippen LogP) is 1.61. The third-order valence-electron chi connectivity index (χ3n) is 3.82. The molecule has 0 amide bonds. The summed E-state index contributed by atoms with van der Waals surface area (Å²) < 4.78 is 31.9. The molecule has 0 radical (unpaired) electrons.